The van der Waals surface area contributed by atoms with Gasteiger partial charge in [0.1, 0.15) is 5.52 Å². The number of nitrogens with zero attached hydrogens (tertiary/aromatic N) is 5. The summed E-state index contributed by atoms with van der Waals surface area (Å²) in [7, 11) is 1.57. The molecule has 22 heavy (non-hydrogen) atoms. The molecule has 0 bridgehead atoms. The van der Waals surface area contributed by atoms with Gasteiger partial charge >= 0.3 is 6.09 Å². The van der Waals surface area contributed by atoms with Gasteiger partial charge < -0.3 is 14.9 Å². The molecule has 3 rings (SSSR count). The van der Waals surface area contributed by atoms with Crippen LogP contribution in [0.3, 0.4) is 0 Å². The molecule has 116 valence electrons. The molecule has 1 aliphatic rings. The molecule has 9 heteroatoms. The van der Waals surface area contributed by atoms with Crippen molar-refractivity contribution in [2.24, 2.45) is 0 Å². The molecule has 1 fully saturated rings. The fourth-order valence-corrected chi connectivity index (χ4v) is 3.07. The Morgan fingerprint density at radius 3 is 3.05 bits per heavy atom. The van der Waals surface area contributed by atoms with E-state index < -0.39 is 6.09 Å². The number of anilines is 1. The first kappa shape index (κ1) is 15.2. The second-order valence-electron chi connectivity index (χ2n) is 5.12. The Bertz CT molecular complexity index is 744. The van der Waals surface area contributed by atoms with E-state index in [9.17, 15) is 4.79 Å². The highest BCUT2D eigenvalue weighted by Crippen LogP contribution is 2.28. The van der Waals surface area contributed by atoms with Crippen LogP contribution in [-0.2, 0) is 0 Å². The van der Waals surface area contributed by atoms with E-state index in [2.05, 4.69) is 30.9 Å². The lowest BCUT2D eigenvalue weighted by Crippen LogP contribution is -2.38. The number of likely N-dealkylation sites (N-methyl/N-ethyl adjacent to an activating group) is 1. The number of fused-ring (bicyclic) bond motifs is 1. The first-order chi connectivity index (χ1) is 10.5. The zero-order valence-corrected chi connectivity index (χ0v) is 14.0. The van der Waals surface area contributed by atoms with E-state index >= 15 is 0 Å². The number of amides is 1. The van der Waals surface area contributed by atoms with Gasteiger partial charge in [0.05, 0.1) is 6.04 Å². The summed E-state index contributed by atoms with van der Waals surface area (Å²) in [4.78, 5) is 27.3. The molecule has 2 aromatic heterocycles. The minimum absolute atomic E-state index is 0.0797. The van der Waals surface area contributed by atoms with Crippen molar-refractivity contribution in [1.82, 2.24) is 19.9 Å². The van der Waals surface area contributed by atoms with E-state index in [4.69, 9.17) is 16.7 Å². The average molecular weight is 387 g/mol. The zero-order valence-electron chi connectivity index (χ0n) is 11.7. The first-order valence-corrected chi connectivity index (χ1v) is 7.82. The lowest BCUT2D eigenvalue weighted by atomic mass is 10.2. The highest BCUT2D eigenvalue weighted by molar-refractivity contribution is 9.10. The highest BCUT2D eigenvalue weighted by atomic mass is 79.9. The zero-order chi connectivity index (χ0) is 15.9. The fourth-order valence-electron chi connectivity index (χ4n) is 2.50. The number of aromatic nitrogens is 3. The SMILES string of the molecule is CN(C(=O)O)C1CCN(c2nc3ncc(Br)cc3nc2Cl)C1. The summed E-state index contributed by atoms with van der Waals surface area (Å²) in [5, 5.41) is 9.36. The Labute approximate surface area is 140 Å². The van der Waals surface area contributed by atoms with Gasteiger partial charge in [-0.1, -0.05) is 11.6 Å². The van der Waals surface area contributed by atoms with Crippen molar-refractivity contribution in [3.63, 3.8) is 0 Å². The maximum absolute atomic E-state index is 11.0. The van der Waals surface area contributed by atoms with Crippen LogP contribution >= 0.6 is 27.5 Å². The van der Waals surface area contributed by atoms with E-state index in [-0.39, 0.29) is 6.04 Å². The van der Waals surface area contributed by atoms with Crippen molar-refractivity contribution in [2.75, 3.05) is 25.0 Å². The number of hydrogen-bond acceptors (Lipinski definition) is 5. The van der Waals surface area contributed by atoms with Crippen LogP contribution in [0.2, 0.25) is 5.15 Å². The quantitative estimate of drug-likeness (QED) is 0.854. The van der Waals surface area contributed by atoms with Crippen LogP contribution in [0.25, 0.3) is 11.2 Å². The van der Waals surface area contributed by atoms with Crippen molar-refractivity contribution >= 4 is 50.6 Å². The Kier molecular flexibility index (Phi) is 4.05. The van der Waals surface area contributed by atoms with Crippen LogP contribution in [0.15, 0.2) is 16.7 Å². The molecule has 1 amide bonds. The number of hydrogen-bond donors (Lipinski definition) is 1. The average Bonchev–Trinajstić information content (AvgIpc) is 2.95. The van der Waals surface area contributed by atoms with Crippen molar-refractivity contribution < 1.29 is 9.90 Å². The summed E-state index contributed by atoms with van der Waals surface area (Å²) in [6.45, 7) is 1.22. The largest absolute Gasteiger partial charge is 0.465 e. The van der Waals surface area contributed by atoms with E-state index in [0.717, 1.165) is 10.9 Å². The monoisotopic (exact) mass is 385 g/mol. The van der Waals surface area contributed by atoms with Crippen molar-refractivity contribution in [3.05, 3.63) is 21.9 Å². The summed E-state index contributed by atoms with van der Waals surface area (Å²) in [5.41, 5.74) is 1.12. The van der Waals surface area contributed by atoms with Crippen LogP contribution in [0.5, 0.6) is 0 Å². The molecule has 0 saturated carbocycles. The molecular weight excluding hydrogens is 374 g/mol. The van der Waals surface area contributed by atoms with Gasteiger partial charge in [0, 0.05) is 30.8 Å². The standard InChI is InChI=1S/C13H13BrClN5O2/c1-19(13(21)22)8-2-3-20(6-8)12-10(15)17-9-4-7(14)5-16-11(9)18-12/h4-5,8H,2-3,6H2,1H3,(H,21,22). The van der Waals surface area contributed by atoms with E-state index in [1.807, 2.05) is 4.90 Å². The summed E-state index contributed by atoms with van der Waals surface area (Å²) in [6, 6.07) is 1.72. The molecule has 1 unspecified atom stereocenters. The number of halogens is 2. The van der Waals surface area contributed by atoms with E-state index in [0.29, 0.717) is 35.2 Å². The van der Waals surface area contributed by atoms with Gasteiger partial charge in [0.25, 0.3) is 0 Å². The summed E-state index contributed by atoms with van der Waals surface area (Å²) >= 11 is 9.57. The predicted molar refractivity (Wildman–Crippen MR) is 86.4 cm³/mol. The normalized spacial score (nSPS) is 18.0. The third-order valence-corrected chi connectivity index (χ3v) is 4.43. The van der Waals surface area contributed by atoms with Crippen molar-refractivity contribution in [1.29, 1.82) is 0 Å². The Morgan fingerprint density at radius 1 is 1.55 bits per heavy atom. The lowest BCUT2D eigenvalue weighted by Gasteiger charge is -2.22. The minimum atomic E-state index is -0.936. The topological polar surface area (TPSA) is 82.5 Å². The molecule has 1 saturated heterocycles. The van der Waals surface area contributed by atoms with Crippen LogP contribution < -0.4 is 4.90 Å². The van der Waals surface area contributed by atoms with Crippen LogP contribution in [0.4, 0.5) is 10.6 Å². The third kappa shape index (κ3) is 2.80. The molecule has 1 aliphatic heterocycles. The maximum atomic E-state index is 11.0. The number of carboxylic acid groups (broad SMARTS) is 1. The van der Waals surface area contributed by atoms with E-state index in [1.165, 1.54) is 4.90 Å². The summed E-state index contributed by atoms with van der Waals surface area (Å²) < 4.78 is 0.808. The molecular formula is C13H13BrClN5O2. The minimum Gasteiger partial charge on any atom is -0.465 e. The Hall–Kier alpha value is -1.67. The Morgan fingerprint density at radius 2 is 2.32 bits per heavy atom. The first-order valence-electron chi connectivity index (χ1n) is 6.65. The smallest absolute Gasteiger partial charge is 0.407 e. The van der Waals surface area contributed by atoms with Crippen LogP contribution in [-0.4, -0.2) is 57.2 Å². The van der Waals surface area contributed by atoms with Gasteiger partial charge in [-0.2, -0.15) is 0 Å². The number of pyridine rings is 1. The second-order valence-corrected chi connectivity index (χ2v) is 6.39. The van der Waals surface area contributed by atoms with Gasteiger partial charge in [-0.15, -0.1) is 0 Å². The van der Waals surface area contributed by atoms with E-state index in [1.54, 1.807) is 19.3 Å². The highest BCUT2D eigenvalue weighted by Gasteiger charge is 2.30. The maximum Gasteiger partial charge on any atom is 0.407 e. The van der Waals surface area contributed by atoms with Gasteiger partial charge in [-0.3, -0.25) is 0 Å². The number of carbonyl (C=O) groups is 1. The molecule has 0 spiro atoms. The van der Waals surface area contributed by atoms with Crippen molar-refractivity contribution in [2.45, 2.75) is 12.5 Å². The summed E-state index contributed by atoms with van der Waals surface area (Å²) in [6.07, 6.45) is 1.45. The van der Waals surface area contributed by atoms with Gasteiger partial charge in [-0.05, 0) is 28.4 Å². The Balaban J connectivity index is 1.89. The second kappa shape index (κ2) is 5.85. The molecule has 0 radical (unpaired) electrons. The molecule has 1 N–H and O–H groups in total. The van der Waals surface area contributed by atoms with Crippen molar-refractivity contribution in [3.8, 4) is 0 Å². The van der Waals surface area contributed by atoms with Gasteiger partial charge in [-0.25, -0.2) is 19.7 Å². The lowest BCUT2D eigenvalue weighted by molar-refractivity contribution is 0.142. The van der Waals surface area contributed by atoms with Gasteiger partial charge in [0.15, 0.2) is 16.6 Å². The fraction of sp³-hybridized carbons (Fsp3) is 0.385. The summed E-state index contributed by atoms with van der Waals surface area (Å²) in [5.74, 6) is 0.547. The molecule has 3 heterocycles. The van der Waals surface area contributed by atoms with Gasteiger partial charge in [0.2, 0.25) is 0 Å². The molecule has 0 aliphatic carbocycles. The molecule has 1 atom stereocenters. The molecule has 2 aromatic rings. The number of rotatable bonds is 2. The third-order valence-electron chi connectivity index (χ3n) is 3.74. The van der Waals surface area contributed by atoms with Crippen LogP contribution in [0.1, 0.15) is 6.42 Å². The van der Waals surface area contributed by atoms with Crippen LogP contribution in [0, 0.1) is 0 Å². The molecule has 0 aromatic carbocycles. The molecule has 7 nitrogen and oxygen atoms in total. The predicted octanol–water partition coefficient (Wildman–Crippen LogP) is 2.63.